The maximum atomic E-state index is 12.0. The lowest BCUT2D eigenvalue weighted by Crippen LogP contribution is -2.56. The Balaban J connectivity index is 1.61. The zero-order chi connectivity index (χ0) is 17.4. The maximum absolute atomic E-state index is 12.0. The number of nitrogens with zero attached hydrogens (tertiary/aromatic N) is 1. The molecule has 0 radical (unpaired) electrons. The first-order valence-electron chi connectivity index (χ1n) is 8.51. The van der Waals surface area contributed by atoms with E-state index in [9.17, 15) is 4.79 Å². The molecular formula is C18H29N3O2S. The Morgan fingerprint density at radius 3 is 2.54 bits per heavy atom. The number of hydrogen-bond donors (Lipinski definition) is 2. The third-order valence-electron chi connectivity index (χ3n) is 4.23. The average molecular weight is 352 g/mol. The smallest absolute Gasteiger partial charge is 0.314 e. The average Bonchev–Trinajstić information content (AvgIpc) is 2.59. The highest BCUT2D eigenvalue weighted by Crippen LogP contribution is 2.17. The molecule has 6 heteroatoms. The summed E-state index contributed by atoms with van der Waals surface area (Å²) in [5, 5.41) is 5.91. The summed E-state index contributed by atoms with van der Waals surface area (Å²) in [6.45, 7) is 11.1. The molecule has 1 fully saturated rings. The normalized spacial score (nSPS) is 16.0. The Morgan fingerprint density at radius 1 is 1.21 bits per heavy atom. The third-order valence-corrected chi connectivity index (χ3v) is 5.24. The summed E-state index contributed by atoms with van der Waals surface area (Å²) in [5.74, 6) is 0.864. The van der Waals surface area contributed by atoms with Crippen LogP contribution in [0.15, 0.2) is 29.2 Å². The molecule has 1 heterocycles. The van der Waals surface area contributed by atoms with E-state index >= 15 is 0 Å². The zero-order valence-electron chi connectivity index (χ0n) is 14.9. The van der Waals surface area contributed by atoms with Crippen molar-refractivity contribution in [3.63, 3.8) is 0 Å². The van der Waals surface area contributed by atoms with E-state index in [0.717, 1.165) is 32.1 Å². The molecule has 5 nitrogen and oxygen atoms in total. The largest absolute Gasteiger partial charge is 0.379 e. The van der Waals surface area contributed by atoms with Gasteiger partial charge in [-0.2, -0.15) is 0 Å². The van der Waals surface area contributed by atoms with E-state index in [1.54, 1.807) is 11.8 Å². The molecule has 0 aliphatic carbocycles. The van der Waals surface area contributed by atoms with Gasteiger partial charge in [0, 0.05) is 42.4 Å². The number of carbonyl (C=O) groups excluding carboxylic acids is 1. The van der Waals surface area contributed by atoms with Crippen molar-refractivity contribution in [2.75, 3.05) is 45.1 Å². The minimum absolute atomic E-state index is 0.0578. The highest BCUT2D eigenvalue weighted by Gasteiger charge is 2.28. The molecule has 0 saturated carbocycles. The summed E-state index contributed by atoms with van der Waals surface area (Å²) in [4.78, 5) is 15.6. The molecule has 0 bridgehead atoms. The lowest BCUT2D eigenvalue weighted by molar-refractivity contribution is -0.00874. The number of aryl methyl sites for hydroxylation is 1. The van der Waals surface area contributed by atoms with Crippen LogP contribution in [0.3, 0.4) is 0 Å². The number of amides is 2. The number of thioether (sulfide) groups is 1. The van der Waals surface area contributed by atoms with Crippen LogP contribution in [-0.4, -0.2) is 61.6 Å². The van der Waals surface area contributed by atoms with Crippen molar-refractivity contribution < 1.29 is 9.53 Å². The molecule has 2 N–H and O–H groups in total. The first-order chi connectivity index (χ1) is 11.5. The van der Waals surface area contributed by atoms with Crippen LogP contribution in [0.4, 0.5) is 4.79 Å². The molecule has 24 heavy (non-hydrogen) atoms. The molecule has 1 aliphatic heterocycles. The van der Waals surface area contributed by atoms with Crippen LogP contribution in [0.1, 0.15) is 19.4 Å². The predicted molar refractivity (Wildman–Crippen MR) is 99.8 cm³/mol. The van der Waals surface area contributed by atoms with Crippen LogP contribution in [0.2, 0.25) is 0 Å². The summed E-state index contributed by atoms with van der Waals surface area (Å²) in [6, 6.07) is 8.35. The summed E-state index contributed by atoms with van der Waals surface area (Å²) >= 11 is 1.75. The first kappa shape index (κ1) is 19.1. The molecule has 0 atom stereocenters. The molecule has 0 unspecified atom stereocenters. The van der Waals surface area contributed by atoms with E-state index < -0.39 is 0 Å². The SMILES string of the molecule is Cc1ccc(SCCNC(=O)NCC(C)(C)N2CCOCC2)cc1. The van der Waals surface area contributed by atoms with E-state index in [4.69, 9.17) is 4.74 Å². The molecule has 1 aliphatic rings. The van der Waals surface area contributed by atoms with Gasteiger partial charge in [0.05, 0.1) is 13.2 Å². The second-order valence-electron chi connectivity index (χ2n) is 6.68. The van der Waals surface area contributed by atoms with Crippen molar-refractivity contribution in [3.8, 4) is 0 Å². The van der Waals surface area contributed by atoms with E-state index in [-0.39, 0.29) is 11.6 Å². The third kappa shape index (κ3) is 6.34. The second kappa shape index (κ2) is 9.30. The number of ether oxygens (including phenoxy) is 1. The standard InChI is InChI=1S/C18H29N3O2S/c1-15-4-6-16(7-5-15)24-13-8-19-17(22)20-14-18(2,3)21-9-11-23-12-10-21/h4-7H,8-14H2,1-3H3,(H2,19,20,22). The van der Waals surface area contributed by atoms with Crippen molar-refractivity contribution in [3.05, 3.63) is 29.8 Å². The molecule has 0 aromatic heterocycles. The van der Waals surface area contributed by atoms with Gasteiger partial charge in [-0.15, -0.1) is 11.8 Å². The topological polar surface area (TPSA) is 53.6 Å². The summed E-state index contributed by atoms with van der Waals surface area (Å²) < 4.78 is 5.39. The fraction of sp³-hybridized carbons (Fsp3) is 0.611. The fourth-order valence-electron chi connectivity index (χ4n) is 2.61. The zero-order valence-corrected chi connectivity index (χ0v) is 15.7. The van der Waals surface area contributed by atoms with Gasteiger partial charge in [-0.05, 0) is 32.9 Å². The minimum Gasteiger partial charge on any atom is -0.379 e. The van der Waals surface area contributed by atoms with Gasteiger partial charge in [-0.1, -0.05) is 17.7 Å². The summed E-state index contributed by atoms with van der Waals surface area (Å²) in [5.41, 5.74) is 1.21. The Hall–Kier alpha value is -1.24. The molecule has 2 rings (SSSR count). The number of rotatable bonds is 7. The second-order valence-corrected chi connectivity index (χ2v) is 7.85. The lowest BCUT2D eigenvalue weighted by atomic mass is 10.0. The molecule has 1 aromatic carbocycles. The van der Waals surface area contributed by atoms with Crippen LogP contribution in [0.5, 0.6) is 0 Å². The van der Waals surface area contributed by atoms with E-state index in [1.807, 2.05) is 0 Å². The Morgan fingerprint density at radius 2 is 1.88 bits per heavy atom. The molecule has 1 saturated heterocycles. The number of morpholine rings is 1. The van der Waals surface area contributed by atoms with Crippen molar-refractivity contribution in [1.82, 2.24) is 15.5 Å². The van der Waals surface area contributed by atoms with Crippen molar-refractivity contribution in [1.29, 1.82) is 0 Å². The van der Waals surface area contributed by atoms with Crippen LogP contribution < -0.4 is 10.6 Å². The minimum atomic E-state index is -0.0964. The quantitative estimate of drug-likeness (QED) is 0.585. The lowest BCUT2D eigenvalue weighted by Gasteiger charge is -2.40. The molecule has 2 amide bonds. The van der Waals surface area contributed by atoms with Gasteiger partial charge >= 0.3 is 6.03 Å². The number of carbonyl (C=O) groups is 1. The monoisotopic (exact) mass is 351 g/mol. The van der Waals surface area contributed by atoms with E-state index in [1.165, 1.54) is 10.5 Å². The first-order valence-corrected chi connectivity index (χ1v) is 9.50. The van der Waals surface area contributed by atoms with Gasteiger partial charge in [0.1, 0.15) is 0 Å². The number of hydrogen-bond acceptors (Lipinski definition) is 4. The van der Waals surface area contributed by atoms with Crippen LogP contribution in [0.25, 0.3) is 0 Å². The highest BCUT2D eigenvalue weighted by molar-refractivity contribution is 7.99. The maximum Gasteiger partial charge on any atom is 0.314 e. The van der Waals surface area contributed by atoms with Crippen LogP contribution in [-0.2, 0) is 4.74 Å². The van der Waals surface area contributed by atoms with Gasteiger partial charge in [0.25, 0.3) is 0 Å². The van der Waals surface area contributed by atoms with Gasteiger partial charge in [0.2, 0.25) is 0 Å². The Kier molecular flexibility index (Phi) is 7.40. The molecule has 0 spiro atoms. The highest BCUT2D eigenvalue weighted by atomic mass is 32.2. The van der Waals surface area contributed by atoms with Gasteiger partial charge in [0.15, 0.2) is 0 Å². The Bertz CT molecular complexity index is 514. The number of nitrogens with one attached hydrogen (secondary N) is 2. The van der Waals surface area contributed by atoms with E-state index in [2.05, 4.69) is 60.6 Å². The molecule has 1 aromatic rings. The van der Waals surface area contributed by atoms with Crippen LogP contribution >= 0.6 is 11.8 Å². The van der Waals surface area contributed by atoms with Crippen molar-refractivity contribution >= 4 is 17.8 Å². The van der Waals surface area contributed by atoms with Crippen molar-refractivity contribution in [2.45, 2.75) is 31.2 Å². The van der Waals surface area contributed by atoms with Gasteiger partial charge < -0.3 is 15.4 Å². The summed E-state index contributed by atoms with van der Waals surface area (Å²) in [6.07, 6.45) is 0. The number of urea groups is 1. The van der Waals surface area contributed by atoms with Gasteiger partial charge in [-0.25, -0.2) is 4.79 Å². The molecule has 134 valence electrons. The summed E-state index contributed by atoms with van der Waals surface area (Å²) in [7, 11) is 0. The van der Waals surface area contributed by atoms with E-state index in [0.29, 0.717) is 13.1 Å². The fourth-order valence-corrected chi connectivity index (χ4v) is 3.38. The predicted octanol–water partition coefficient (Wildman–Crippen LogP) is 2.50. The molecular weight excluding hydrogens is 322 g/mol. The Labute approximate surface area is 149 Å². The van der Waals surface area contributed by atoms with Crippen molar-refractivity contribution in [2.24, 2.45) is 0 Å². The number of benzene rings is 1. The van der Waals surface area contributed by atoms with Crippen LogP contribution in [0, 0.1) is 6.92 Å². The van der Waals surface area contributed by atoms with Gasteiger partial charge in [-0.3, -0.25) is 4.90 Å².